The molecule has 0 bridgehead atoms. The maximum absolute atomic E-state index is 13.7. The van der Waals surface area contributed by atoms with Gasteiger partial charge in [0.2, 0.25) is 5.91 Å². The third-order valence-electron chi connectivity index (χ3n) is 3.45. The zero-order chi connectivity index (χ0) is 18.7. The summed E-state index contributed by atoms with van der Waals surface area (Å²) in [6, 6.07) is 11.0. The van der Waals surface area contributed by atoms with Crippen LogP contribution in [-0.2, 0) is 4.79 Å². The normalized spacial score (nSPS) is 10.4. The lowest BCUT2D eigenvalue weighted by Gasteiger charge is -2.08. The van der Waals surface area contributed by atoms with Gasteiger partial charge in [0.25, 0.3) is 5.91 Å². The van der Waals surface area contributed by atoms with Crippen LogP contribution in [0.25, 0.3) is 5.69 Å². The van der Waals surface area contributed by atoms with Crippen LogP contribution < -0.4 is 10.6 Å². The molecule has 0 fully saturated rings. The number of aromatic nitrogens is 2. The molecule has 1 heterocycles. The second-order valence-electron chi connectivity index (χ2n) is 5.48. The van der Waals surface area contributed by atoms with Crippen molar-refractivity contribution in [1.29, 1.82) is 0 Å². The number of hydrogen-bond donors (Lipinski definition) is 2. The van der Waals surface area contributed by atoms with Gasteiger partial charge in [-0.05, 0) is 36.4 Å². The van der Waals surface area contributed by atoms with Crippen LogP contribution in [0.3, 0.4) is 0 Å². The lowest BCUT2D eigenvalue weighted by molar-refractivity contribution is -0.114. The fourth-order valence-corrected chi connectivity index (χ4v) is 2.48. The van der Waals surface area contributed by atoms with Crippen molar-refractivity contribution < 1.29 is 14.0 Å². The van der Waals surface area contributed by atoms with Crippen LogP contribution in [0.15, 0.2) is 54.9 Å². The molecule has 132 valence electrons. The third-order valence-corrected chi connectivity index (χ3v) is 3.69. The van der Waals surface area contributed by atoms with E-state index in [1.165, 1.54) is 29.9 Å². The van der Waals surface area contributed by atoms with Crippen molar-refractivity contribution in [3.63, 3.8) is 0 Å². The average Bonchev–Trinajstić information content (AvgIpc) is 3.08. The van der Waals surface area contributed by atoms with E-state index in [2.05, 4.69) is 15.7 Å². The molecule has 0 saturated carbocycles. The minimum atomic E-state index is -0.591. The van der Waals surface area contributed by atoms with Crippen LogP contribution in [0.2, 0.25) is 5.02 Å². The highest BCUT2D eigenvalue weighted by atomic mass is 35.5. The molecule has 3 rings (SSSR count). The maximum atomic E-state index is 13.7. The van der Waals surface area contributed by atoms with Gasteiger partial charge in [0.1, 0.15) is 5.82 Å². The number of carbonyl (C=O) groups excluding carboxylic acids is 2. The van der Waals surface area contributed by atoms with E-state index in [0.29, 0.717) is 22.0 Å². The Labute approximate surface area is 153 Å². The van der Waals surface area contributed by atoms with Crippen molar-refractivity contribution in [2.45, 2.75) is 6.92 Å². The van der Waals surface area contributed by atoms with Gasteiger partial charge in [-0.3, -0.25) is 9.59 Å². The quantitative estimate of drug-likeness (QED) is 0.729. The summed E-state index contributed by atoms with van der Waals surface area (Å²) in [5.74, 6) is -1.42. The molecule has 8 heteroatoms. The predicted molar refractivity (Wildman–Crippen MR) is 97.2 cm³/mol. The molecule has 0 aliphatic heterocycles. The first kappa shape index (κ1) is 17.6. The molecule has 0 saturated heterocycles. The molecule has 0 aliphatic rings. The zero-order valence-electron chi connectivity index (χ0n) is 13.7. The summed E-state index contributed by atoms with van der Waals surface area (Å²) in [5.41, 5.74) is 1.36. The number of amides is 2. The topological polar surface area (TPSA) is 76.0 Å². The Bertz CT molecular complexity index is 987. The average molecular weight is 373 g/mol. The fraction of sp³-hybridized carbons (Fsp3) is 0.0556. The molecular weight excluding hydrogens is 359 g/mol. The van der Waals surface area contributed by atoms with E-state index in [1.54, 1.807) is 30.5 Å². The van der Waals surface area contributed by atoms with Crippen LogP contribution in [0.5, 0.6) is 0 Å². The van der Waals surface area contributed by atoms with Gasteiger partial charge < -0.3 is 10.6 Å². The van der Waals surface area contributed by atoms with Crippen molar-refractivity contribution in [3.8, 4) is 5.69 Å². The Balaban J connectivity index is 1.78. The summed E-state index contributed by atoms with van der Waals surface area (Å²) >= 11 is 5.95. The largest absolute Gasteiger partial charge is 0.324 e. The predicted octanol–water partition coefficient (Wildman–Crippen LogP) is 3.88. The van der Waals surface area contributed by atoms with Crippen LogP contribution in [0, 0.1) is 5.82 Å². The Morgan fingerprint density at radius 1 is 1.15 bits per heavy atom. The van der Waals surface area contributed by atoms with Crippen LogP contribution in [0.4, 0.5) is 15.8 Å². The van der Waals surface area contributed by atoms with E-state index in [1.807, 2.05) is 0 Å². The van der Waals surface area contributed by atoms with E-state index in [9.17, 15) is 14.0 Å². The van der Waals surface area contributed by atoms with Crippen LogP contribution in [-0.4, -0.2) is 21.6 Å². The van der Waals surface area contributed by atoms with Crippen molar-refractivity contribution in [1.82, 2.24) is 9.78 Å². The van der Waals surface area contributed by atoms with Crippen molar-refractivity contribution in [2.24, 2.45) is 0 Å². The second kappa shape index (κ2) is 7.37. The summed E-state index contributed by atoms with van der Waals surface area (Å²) < 4.78 is 15.2. The molecule has 3 aromatic rings. The highest BCUT2D eigenvalue weighted by Crippen LogP contribution is 2.20. The monoisotopic (exact) mass is 372 g/mol. The van der Waals surface area contributed by atoms with E-state index in [0.717, 1.165) is 6.07 Å². The molecule has 2 aromatic carbocycles. The Morgan fingerprint density at radius 3 is 2.69 bits per heavy atom. The van der Waals surface area contributed by atoms with Gasteiger partial charge in [0, 0.05) is 23.8 Å². The zero-order valence-corrected chi connectivity index (χ0v) is 14.4. The Hall–Kier alpha value is -3.19. The molecule has 1 aromatic heterocycles. The van der Waals surface area contributed by atoms with E-state index in [4.69, 9.17) is 11.6 Å². The van der Waals surface area contributed by atoms with Crippen molar-refractivity contribution in [3.05, 3.63) is 71.3 Å². The molecule has 2 N–H and O–H groups in total. The smallest absolute Gasteiger partial charge is 0.258 e. The molecule has 0 aliphatic carbocycles. The molecular formula is C18H14ClFN4O2. The van der Waals surface area contributed by atoms with Crippen molar-refractivity contribution in [2.75, 3.05) is 10.6 Å². The summed E-state index contributed by atoms with van der Waals surface area (Å²) in [5, 5.41) is 9.70. The molecule has 6 nitrogen and oxygen atoms in total. The summed E-state index contributed by atoms with van der Waals surface area (Å²) in [4.78, 5) is 23.5. The number of rotatable bonds is 4. The third kappa shape index (κ3) is 4.07. The standard InChI is InChI=1S/C18H14ClFN4O2/c1-11(25)22-17-8-14(5-6-16(17)20)23-18(26)12-9-21-24(10-12)15-4-2-3-13(19)7-15/h2-10H,1H3,(H,22,25)(H,23,26). The number of anilines is 2. The number of benzene rings is 2. The first-order chi connectivity index (χ1) is 12.4. The number of carbonyl (C=O) groups is 2. The van der Waals surface area contributed by atoms with Gasteiger partial charge >= 0.3 is 0 Å². The fourth-order valence-electron chi connectivity index (χ4n) is 2.29. The highest BCUT2D eigenvalue weighted by Gasteiger charge is 2.12. The van der Waals surface area contributed by atoms with Crippen molar-refractivity contribution >= 4 is 34.8 Å². The summed E-state index contributed by atoms with van der Waals surface area (Å²) in [7, 11) is 0. The number of hydrogen-bond acceptors (Lipinski definition) is 3. The second-order valence-corrected chi connectivity index (χ2v) is 5.92. The van der Waals surface area contributed by atoms with Gasteiger partial charge in [-0.2, -0.15) is 5.10 Å². The molecule has 2 amide bonds. The molecule has 0 radical (unpaired) electrons. The van der Waals surface area contributed by atoms with Gasteiger partial charge in [-0.15, -0.1) is 0 Å². The van der Waals surface area contributed by atoms with Gasteiger partial charge in [0.15, 0.2) is 0 Å². The first-order valence-corrected chi connectivity index (χ1v) is 7.99. The van der Waals surface area contributed by atoms with E-state index >= 15 is 0 Å². The molecule has 0 spiro atoms. The SMILES string of the molecule is CC(=O)Nc1cc(NC(=O)c2cnn(-c3cccc(Cl)c3)c2)ccc1F. The molecule has 26 heavy (non-hydrogen) atoms. The highest BCUT2D eigenvalue weighted by molar-refractivity contribution is 6.30. The lowest BCUT2D eigenvalue weighted by atomic mass is 10.2. The number of nitrogens with zero attached hydrogens (tertiary/aromatic N) is 2. The minimum absolute atomic E-state index is 0.00933. The van der Waals surface area contributed by atoms with Gasteiger partial charge in [0.05, 0.1) is 23.1 Å². The van der Waals surface area contributed by atoms with Gasteiger partial charge in [-0.1, -0.05) is 17.7 Å². The van der Waals surface area contributed by atoms with Gasteiger partial charge in [-0.25, -0.2) is 9.07 Å². The van der Waals surface area contributed by atoms with Crippen LogP contribution >= 0.6 is 11.6 Å². The van der Waals surface area contributed by atoms with E-state index < -0.39 is 17.6 Å². The number of halogens is 2. The van der Waals surface area contributed by atoms with E-state index in [-0.39, 0.29) is 5.69 Å². The molecule has 0 unspecified atom stereocenters. The van der Waals surface area contributed by atoms with Crippen LogP contribution in [0.1, 0.15) is 17.3 Å². The Kier molecular flexibility index (Phi) is 4.99. The summed E-state index contributed by atoms with van der Waals surface area (Å²) in [6.45, 7) is 1.27. The lowest BCUT2D eigenvalue weighted by Crippen LogP contribution is -2.12. The minimum Gasteiger partial charge on any atom is -0.324 e. The summed E-state index contributed by atoms with van der Waals surface area (Å²) in [6.07, 6.45) is 2.97. The molecule has 0 atom stereocenters. The Morgan fingerprint density at radius 2 is 1.96 bits per heavy atom. The first-order valence-electron chi connectivity index (χ1n) is 7.61. The number of nitrogens with one attached hydrogen (secondary N) is 2. The maximum Gasteiger partial charge on any atom is 0.258 e.